The molecule has 136 valence electrons. The molecule has 0 saturated carbocycles. The summed E-state index contributed by atoms with van der Waals surface area (Å²) in [6, 6.07) is 15.4. The van der Waals surface area contributed by atoms with Gasteiger partial charge in [0.1, 0.15) is 11.4 Å². The van der Waals surface area contributed by atoms with E-state index in [4.69, 9.17) is 16.3 Å². The van der Waals surface area contributed by atoms with Crippen LogP contribution in [0.2, 0.25) is 5.02 Å². The normalized spacial score (nSPS) is 25.4. The second-order valence-corrected chi connectivity index (χ2v) is 7.45. The summed E-state index contributed by atoms with van der Waals surface area (Å²) < 4.78 is 7.65. The van der Waals surface area contributed by atoms with Gasteiger partial charge in [-0.2, -0.15) is 4.90 Å². The van der Waals surface area contributed by atoms with Gasteiger partial charge in [0.15, 0.2) is 6.04 Å². The van der Waals surface area contributed by atoms with Crippen LogP contribution < -0.4 is 9.64 Å². The number of hydrogen-bond donors (Lipinski definition) is 1. The fourth-order valence-electron chi connectivity index (χ4n) is 4.24. The molecule has 0 radical (unpaired) electrons. The molecule has 0 bridgehead atoms. The topological polar surface area (TPSA) is 35.7 Å². The van der Waals surface area contributed by atoms with E-state index in [1.807, 2.05) is 48.5 Å². The van der Waals surface area contributed by atoms with E-state index in [2.05, 4.69) is 16.4 Å². The number of ether oxygens (including phenoxy) is 1. The second kappa shape index (κ2) is 6.60. The molecule has 2 atom stereocenters. The van der Waals surface area contributed by atoms with Gasteiger partial charge in [-0.15, -0.1) is 0 Å². The van der Waals surface area contributed by atoms with Crippen molar-refractivity contribution in [2.24, 2.45) is 0 Å². The average Bonchev–Trinajstić information content (AvgIpc) is 2.91. The Kier molecular flexibility index (Phi) is 4.41. The first-order valence-corrected chi connectivity index (χ1v) is 9.48. The number of nitrogens with zero attached hydrogens (tertiary/aromatic N) is 2. The van der Waals surface area contributed by atoms with E-state index in [0.29, 0.717) is 5.02 Å². The highest BCUT2D eigenvalue weighted by atomic mass is 35.5. The predicted molar refractivity (Wildman–Crippen MR) is 104 cm³/mol. The molecular weight excluding hydrogens is 348 g/mol. The third-order valence-electron chi connectivity index (χ3n) is 5.63. The number of methoxy groups -OCH3 is 1. The van der Waals surface area contributed by atoms with Gasteiger partial charge in [-0.3, -0.25) is 4.58 Å². The van der Waals surface area contributed by atoms with Crippen molar-refractivity contribution in [1.82, 2.24) is 0 Å². The molecule has 2 aliphatic rings. The molecule has 4 rings (SSSR count). The first-order valence-electron chi connectivity index (χ1n) is 9.11. The summed E-state index contributed by atoms with van der Waals surface area (Å²) >= 11 is 6.08. The lowest BCUT2D eigenvalue weighted by atomic mass is 9.94. The number of benzene rings is 2. The summed E-state index contributed by atoms with van der Waals surface area (Å²) in [5.41, 5.74) is 0.681. The molecule has 26 heavy (non-hydrogen) atoms. The van der Waals surface area contributed by atoms with Crippen molar-refractivity contribution in [3.8, 4) is 5.75 Å². The fraction of sp³-hybridized carbons (Fsp3) is 0.381. The molecule has 0 amide bonds. The largest absolute Gasteiger partial charge is 0.497 e. The molecule has 2 unspecified atom stereocenters. The monoisotopic (exact) mass is 371 g/mol. The minimum absolute atomic E-state index is 0.0546. The summed E-state index contributed by atoms with van der Waals surface area (Å²) in [5.74, 6) is 1.99. The van der Waals surface area contributed by atoms with Crippen LogP contribution in [-0.2, 0) is 5.72 Å². The Bertz CT molecular complexity index is 832. The van der Waals surface area contributed by atoms with Gasteiger partial charge in [0.05, 0.1) is 13.7 Å². The third kappa shape index (κ3) is 2.60. The molecule has 0 fully saturated rings. The maximum Gasteiger partial charge on any atom is 0.278 e. The van der Waals surface area contributed by atoms with Crippen LogP contribution in [0, 0.1) is 0 Å². The fourth-order valence-corrected chi connectivity index (χ4v) is 4.36. The van der Waals surface area contributed by atoms with Crippen molar-refractivity contribution in [3.05, 3.63) is 59.1 Å². The summed E-state index contributed by atoms with van der Waals surface area (Å²) in [5, 5.41) is 12.7. The molecule has 2 aromatic carbocycles. The van der Waals surface area contributed by atoms with E-state index < -0.39 is 5.72 Å². The molecule has 2 aliphatic heterocycles. The van der Waals surface area contributed by atoms with Gasteiger partial charge in [0.25, 0.3) is 11.6 Å². The Hall–Kier alpha value is -2.04. The lowest BCUT2D eigenvalue weighted by Gasteiger charge is -2.31. The number of anilines is 1. The van der Waals surface area contributed by atoms with Crippen LogP contribution in [0.15, 0.2) is 48.5 Å². The lowest BCUT2D eigenvalue weighted by Crippen LogP contribution is -2.50. The number of hydrogen-bond acceptors (Lipinski definition) is 3. The van der Waals surface area contributed by atoms with Gasteiger partial charge in [-0.1, -0.05) is 23.7 Å². The van der Waals surface area contributed by atoms with Crippen LogP contribution in [0.4, 0.5) is 5.69 Å². The van der Waals surface area contributed by atoms with Gasteiger partial charge < -0.3 is 9.84 Å². The van der Waals surface area contributed by atoms with Crippen molar-refractivity contribution in [3.63, 3.8) is 0 Å². The van der Waals surface area contributed by atoms with E-state index in [9.17, 15) is 5.11 Å². The molecule has 0 aromatic heterocycles. The standard InChI is InChI=1S/C21H24ClN2O2/c1-15-21(25,16-6-8-17(22)9-7-16)24(20-5-3-4-14-23(15)20)18-10-12-19(26-2)13-11-18/h6-13,15,25H,3-5,14H2,1-2H3/q+1. The zero-order valence-electron chi connectivity index (χ0n) is 15.2. The molecule has 4 nitrogen and oxygen atoms in total. The predicted octanol–water partition coefficient (Wildman–Crippen LogP) is 4.00. The molecule has 0 aliphatic carbocycles. The maximum atomic E-state index is 12.0. The Morgan fingerprint density at radius 2 is 1.81 bits per heavy atom. The maximum absolute atomic E-state index is 12.0. The van der Waals surface area contributed by atoms with Crippen LogP contribution >= 0.6 is 11.6 Å². The first-order chi connectivity index (χ1) is 12.6. The van der Waals surface area contributed by atoms with E-state index >= 15 is 0 Å². The summed E-state index contributed by atoms with van der Waals surface area (Å²) in [7, 11) is 1.66. The quantitative estimate of drug-likeness (QED) is 0.828. The summed E-state index contributed by atoms with van der Waals surface area (Å²) in [6.45, 7) is 3.07. The van der Waals surface area contributed by atoms with Crippen LogP contribution in [0.5, 0.6) is 5.75 Å². The number of halogens is 1. The molecule has 2 aromatic rings. The number of aliphatic hydroxyl groups is 1. The minimum Gasteiger partial charge on any atom is -0.497 e. The molecule has 2 heterocycles. The van der Waals surface area contributed by atoms with Crippen molar-refractivity contribution in [1.29, 1.82) is 0 Å². The SMILES string of the molecule is COc1ccc(N2C3=[N+](CCCC3)C(C)C2(O)c2ccc(Cl)cc2)cc1. The van der Waals surface area contributed by atoms with Crippen molar-refractivity contribution >= 4 is 23.1 Å². The summed E-state index contributed by atoms with van der Waals surface area (Å²) in [4.78, 5) is 2.10. The molecule has 0 saturated heterocycles. The number of amidine groups is 1. The second-order valence-electron chi connectivity index (χ2n) is 7.01. The Morgan fingerprint density at radius 1 is 1.12 bits per heavy atom. The minimum atomic E-state index is -1.14. The smallest absolute Gasteiger partial charge is 0.278 e. The van der Waals surface area contributed by atoms with Gasteiger partial charge in [-0.05, 0) is 56.2 Å². The van der Waals surface area contributed by atoms with Crippen molar-refractivity contribution in [2.75, 3.05) is 18.6 Å². The molecule has 0 spiro atoms. The van der Waals surface area contributed by atoms with Crippen LogP contribution in [-0.4, -0.2) is 35.2 Å². The zero-order valence-corrected chi connectivity index (χ0v) is 15.9. The van der Waals surface area contributed by atoms with Crippen molar-refractivity contribution < 1.29 is 14.4 Å². The van der Waals surface area contributed by atoms with Gasteiger partial charge in [0.2, 0.25) is 0 Å². The Labute approximate surface area is 159 Å². The van der Waals surface area contributed by atoms with E-state index in [-0.39, 0.29) is 6.04 Å². The molecular formula is C21H24ClN2O2+. The molecule has 5 heteroatoms. The van der Waals surface area contributed by atoms with Crippen LogP contribution in [0.1, 0.15) is 31.7 Å². The van der Waals surface area contributed by atoms with Crippen LogP contribution in [0.25, 0.3) is 0 Å². The van der Waals surface area contributed by atoms with Gasteiger partial charge in [0, 0.05) is 17.0 Å². The highest BCUT2D eigenvalue weighted by Gasteiger charge is 2.59. The van der Waals surface area contributed by atoms with Crippen LogP contribution in [0.3, 0.4) is 0 Å². The Balaban J connectivity index is 1.86. The first kappa shape index (κ1) is 17.4. The van der Waals surface area contributed by atoms with Gasteiger partial charge >= 0.3 is 0 Å². The average molecular weight is 372 g/mol. The van der Waals surface area contributed by atoms with E-state index in [1.54, 1.807) is 7.11 Å². The highest BCUT2D eigenvalue weighted by molar-refractivity contribution is 6.30. The van der Waals surface area contributed by atoms with E-state index in [0.717, 1.165) is 42.8 Å². The lowest BCUT2D eigenvalue weighted by molar-refractivity contribution is -0.574. The highest BCUT2D eigenvalue weighted by Crippen LogP contribution is 2.42. The summed E-state index contributed by atoms with van der Waals surface area (Å²) in [6.07, 6.45) is 3.26. The zero-order chi connectivity index (χ0) is 18.3. The third-order valence-corrected chi connectivity index (χ3v) is 5.88. The van der Waals surface area contributed by atoms with Gasteiger partial charge in [-0.25, -0.2) is 0 Å². The molecule has 1 N–H and O–H groups in total. The van der Waals surface area contributed by atoms with E-state index in [1.165, 1.54) is 5.84 Å². The van der Waals surface area contributed by atoms with Crippen molar-refractivity contribution in [2.45, 2.75) is 38.0 Å². The number of rotatable bonds is 3. The Morgan fingerprint density at radius 3 is 2.46 bits per heavy atom.